The van der Waals surface area contributed by atoms with Gasteiger partial charge in [-0.1, -0.05) is 11.6 Å². The SMILES string of the molecule is Cc1cc(-c2cnn(C3CCCCO3)c2)c(Br)nc1Cl. The molecule has 0 N–H and O–H groups in total. The van der Waals surface area contributed by atoms with E-state index in [1.807, 2.05) is 30.1 Å². The minimum atomic E-state index is 0.0534. The van der Waals surface area contributed by atoms with Crippen LogP contribution in [-0.4, -0.2) is 21.4 Å². The zero-order valence-electron chi connectivity index (χ0n) is 11.1. The number of aromatic nitrogens is 3. The van der Waals surface area contributed by atoms with Crippen LogP contribution in [0.4, 0.5) is 0 Å². The Labute approximate surface area is 131 Å². The zero-order valence-corrected chi connectivity index (χ0v) is 13.5. The van der Waals surface area contributed by atoms with Crippen LogP contribution in [0.2, 0.25) is 5.15 Å². The van der Waals surface area contributed by atoms with E-state index in [1.165, 1.54) is 6.42 Å². The maximum atomic E-state index is 6.02. The van der Waals surface area contributed by atoms with Crippen molar-refractivity contribution in [2.24, 2.45) is 0 Å². The molecule has 0 aromatic carbocycles. The molecule has 0 aliphatic carbocycles. The summed E-state index contributed by atoms with van der Waals surface area (Å²) in [5, 5.41) is 4.94. The monoisotopic (exact) mass is 355 g/mol. The number of hydrogen-bond donors (Lipinski definition) is 0. The number of halogens is 2. The van der Waals surface area contributed by atoms with Crippen LogP contribution in [0.5, 0.6) is 0 Å². The molecule has 6 heteroatoms. The highest BCUT2D eigenvalue weighted by Gasteiger charge is 2.18. The lowest BCUT2D eigenvalue weighted by Crippen LogP contribution is -2.18. The Morgan fingerprint density at radius 3 is 3.05 bits per heavy atom. The largest absolute Gasteiger partial charge is 0.357 e. The van der Waals surface area contributed by atoms with Gasteiger partial charge in [-0.2, -0.15) is 5.10 Å². The van der Waals surface area contributed by atoms with Crippen LogP contribution in [0.15, 0.2) is 23.1 Å². The first-order valence-corrected chi connectivity index (χ1v) is 7.81. The first kappa shape index (κ1) is 14.0. The lowest BCUT2D eigenvalue weighted by Gasteiger charge is -2.22. The van der Waals surface area contributed by atoms with Crippen molar-refractivity contribution in [1.82, 2.24) is 14.8 Å². The number of nitrogens with zero attached hydrogens (tertiary/aromatic N) is 3. The minimum Gasteiger partial charge on any atom is -0.357 e. The third-order valence-corrected chi connectivity index (χ3v) is 4.46. The van der Waals surface area contributed by atoms with Crippen LogP contribution >= 0.6 is 27.5 Å². The number of ether oxygens (including phenoxy) is 1. The Morgan fingerprint density at radius 2 is 2.30 bits per heavy atom. The highest BCUT2D eigenvalue weighted by atomic mass is 79.9. The summed E-state index contributed by atoms with van der Waals surface area (Å²) >= 11 is 9.48. The van der Waals surface area contributed by atoms with Gasteiger partial charge in [0.25, 0.3) is 0 Å². The van der Waals surface area contributed by atoms with Gasteiger partial charge in [0.15, 0.2) is 0 Å². The molecule has 0 amide bonds. The summed E-state index contributed by atoms with van der Waals surface area (Å²) in [6, 6.07) is 2.02. The zero-order chi connectivity index (χ0) is 14.1. The summed E-state index contributed by atoms with van der Waals surface area (Å²) in [6.07, 6.45) is 7.23. The van der Waals surface area contributed by atoms with Gasteiger partial charge in [0.05, 0.1) is 6.20 Å². The number of hydrogen-bond acceptors (Lipinski definition) is 3. The second kappa shape index (κ2) is 5.84. The second-order valence-electron chi connectivity index (χ2n) is 4.96. The van der Waals surface area contributed by atoms with Crippen molar-refractivity contribution in [2.75, 3.05) is 6.61 Å². The van der Waals surface area contributed by atoms with E-state index in [9.17, 15) is 0 Å². The minimum absolute atomic E-state index is 0.0534. The third kappa shape index (κ3) is 2.75. The molecule has 1 unspecified atom stereocenters. The summed E-state index contributed by atoms with van der Waals surface area (Å²) in [5.41, 5.74) is 2.96. The van der Waals surface area contributed by atoms with Crippen molar-refractivity contribution in [1.29, 1.82) is 0 Å². The van der Waals surface area contributed by atoms with E-state index in [0.29, 0.717) is 5.15 Å². The van der Waals surface area contributed by atoms with Crippen LogP contribution in [0, 0.1) is 6.92 Å². The Balaban J connectivity index is 1.91. The van der Waals surface area contributed by atoms with Crippen LogP contribution in [0.1, 0.15) is 31.1 Å². The van der Waals surface area contributed by atoms with E-state index < -0.39 is 0 Å². The summed E-state index contributed by atoms with van der Waals surface area (Å²) in [4.78, 5) is 4.29. The average Bonchev–Trinajstić information content (AvgIpc) is 2.93. The molecule has 0 saturated carbocycles. The Kier molecular flexibility index (Phi) is 4.10. The van der Waals surface area contributed by atoms with Gasteiger partial charge in [-0.05, 0) is 53.7 Å². The summed E-state index contributed by atoms with van der Waals surface area (Å²) < 4.78 is 8.37. The van der Waals surface area contributed by atoms with Gasteiger partial charge in [-0.15, -0.1) is 0 Å². The van der Waals surface area contributed by atoms with Crippen LogP contribution in [0.25, 0.3) is 11.1 Å². The standard InChI is InChI=1S/C14H15BrClN3O/c1-9-6-11(13(15)18-14(9)16)10-7-17-19(8-10)12-4-2-3-5-20-12/h6-8,12H,2-5H2,1H3. The number of aryl methyl sites for hydroxylation is 1. The average molecular weight is 357 g/mol. The fourth-order valence-electron chi connectivity index (χ4n) is 2.34. The molecule has 1 aliphatic rings. The van der Waals surface area contributed by atoms with Crippen molar-refractivity contribution in [3.05, 3.63) is 33.8 Å². The van der Waals surface area contributed by atoms with E-state index in [-0.39, 0.29) is 6.23 Å². The molecule has 3 heterocycles. The molecule has 1 aliphatic heterocycles. The van der Waals surface area contributed by atoms with E-state index in [1.54, 1.807) is 0 Å². The van der Waals surface area contributed by atoms with Crippen molar-refractivity contribution in [3.63, 3.8) is 0 Å². The fourth-order valence-corrected chi connectivity index (χ4v) is 3.10. The van der Waals surface area contributed by atoms with Crippen LogP contribution in [0.3, 0.4) is 0 Å². The first-order valence-electron chi connectivity index (χ1n) is 6.64. The highest BCUT2D eigenvalue weighted by molar-refractivity contribution is 9.10. The molecule has 20 heavy (non-hydrogen) atoms. The van der Waals surface area contributed by atoms with Crippen LogP contribution in [-0.2, 0) is 4.74 Å². The first-order chi connectivity index (χ1) is 9.65. The molecule has 4 nitrogen and oxygen atoms in total. The lowest BCUT2D eigenvalue weighted by atomic mass is 10.1. The van der Waals surface area contributed by atoms with Gasteiger partial charge in [0.1, 0.15) is 16.0 Å². The van der Waals surface area contributed by atoms with Gasteiger partial charge in [-0.25, -0.2) is 9.67 Å². The highest BCUT2D eigenvalue weighted by Crippen LogP contribution is 2.31. The summed E-state index contributed by atoms with van der Waals surface area (Å²) in [7, 11) is 0. The molecule has 2 aromatic rings. The van der Waals surface area contributed by atoms with E-state index >= 15 is 0 Å². The molecule has 0 spiro atoms. The lowest BCUT2D eigenvalue weighted by molar-refractivity contribution is -0.0394. The number of pyridine rings is 1. The van der Waals surface area contributed by atoms with Gasteiger partial charge in [0, 0.05) is 23.9 Å². The van der Waals surface area contributed by atoms with Crippen LogP contribution < -0.4 is 0 Å². The fraction of sp³-hybridized carbons (Fsp3) is 0.429. The Morgan fingerprint density at radius 1 is 1.45 bits per heavy atom. The Hall–Kier alpha value is -0.910. The summed E-state index contributed by atoms with van der Waals surface area (Å²) in [5.74, 6) is 0. The van der Waals surface area contributed by atoms with Crippen molar-refractivity contribution in [2.45, 2.75) is 32.4 Å². The van der Waals surface area contributed by atoms with E-state index in [4.69, 9.17) is 16.3 Å². The normalized spacial score (nSPS) is 19.2. The molecule has 106 valence electrons. The molecule has 2 aromatic heterocycles. The van der Waals surface area contributed by atoms with Crippen molar-refractivity contribution < 1.29 is 4.74 Å². The predicted octanol–water partition coefficient (Wildman–Crippen LogP) is 4.37. The van der Waals surface area contributed by atoms with Gasteiger partial charge in [0.2, 0.25) is 0 Å². The van der Waals surface area contributed by atoms with Gasteiger partial charge < -0.3 is 4.74 Å². The molecule has 3 rings (SSSR count). The molecular formula is C14H15BrClN3O. The predicted molar refractivity (Wildman–Crippen MR) is 81.7 cm³/mol. The Bertz CT molecular complexity index is 623. The molecule has 1 atom stereocenters. The molecule has 0 radical (unpaired) electrons. The molecule has 0 bridgehead atoms. The summed E-state index contributed by atoms with van der Waals surface area (Å²) in [6.45, 7) is 2.76. The maximum absolute atomic E-state index is 6.02. The van der Waals surface area contributed by atoms with E-state index in [2.05, 4.69) is 26.0 Å². The third-order valence-electron chi connectivity index (χ3n) is 3.47. The maximum Gasteiger partial charge on any atom is 0.150 e. The molecule has 1 fully saturated rings. The van der Waals surface area contributed by atoms with Crippen molar-refractivity contribution >= 4 is 27.5 Å². The van der Waals surface area contributed by atoms with Gasteiger partial charge in [-0.3, -0.25) is 0 Å². The number of rotatable bonds is 2. The quantitative estimate of drug-likeness (QED) is 0.750. The van der Waals surface area contributed by atoms with Gasteiger partial charge >= 0.3 is 0 Å². The molecular weight excluding hydrogens is 342 g/mol. The molecule has 1 saturated heterocycles. The second-order valence-corrected chi connectivity index (χ2v) is 6.07. The topological polar surface area (TPSA) is 39.9 Å². The smallest absolute Gasteiger partial charge is 0.150 e. The van der Waals surface area contributed by atoms with E-state index in [0.717, 1.165) is 40.7 Å². The van der Waals surface area contributed by atoms with Crippen molar-refractivity contribution in [3.8, 4) is 11.1 Å².